The van der Waals surface area contributed by atoms with Gasteiger partial charge in [-0.3, -0.25) is 4.79 Å². The van der Waals surface area contributed by atoms with Crippen molar-refractivity contribution in [1.82, 2.24) is 24.8 Å². The molecule has 2 aliphatic carbocycles. The molecule has 4 N–H and O–H groups in total. The van der Waals surface area contributed by atoms with Crippen LogP contribution in [-0.4, -0.2) is 61.9 Å². The van der Waals surface area contributed by atoms with E-state index in [2.05, 4.69) is 37.4 Å². The van der Waals surface area contributed by atoms with Crippen LogP contribution in [0, 0.1) is 23.2 Å². The van der Waals surface area contributed by atoms with E-state index < -0.39 is 35.4 Å². The Bertz CT molecular complexity index is 1390. The number of rotatable bonds is 3. The van der Waals surface area contributed by atoms with Gasteiger partial charge in [0.25, 0.3) is 0 Å². The number of hydrogen-bond donors (Lipinski definition) is 4. The second-order valence-corrected chi connectivity index (χ2v) is 8.65. The van der Waals surface area contributed by atoms with Gasteiger partial charge >= 0.3 is 6.18 Å². The third-order valence-corrected chi connectivity index (χ3v) is 6.81. The zero-order valence-electron chi connectivity index (χ0n) is 18.6. The van der Waals surface area contributed by atoms with E-state index in [1.807, 2.05) is 0 Å². The van der Waals surface area contributed by atoms with Crippen molar-refractivity contribution < 1.29 is 28.2 Å². The normalized spacial score (nSPS) is 27.2. The number of aromatic nitrogens is 4. The van der Waals surface area contributed by atoms with Crippen LogP contribution in [0.5, 0.6) is 0 Å². The van der Waals surface area contributed by atoms with Crippen LogP contribution in [0.1, 0.15) is 29.4 Å². The van der Waals surface area contributed by atoms with Crippen molar-refractivity contribution in [2.45, 2.75) is 30.8 Å². The van der Waals surface area contributed by atoms with Crippen molar-refractivity contribution in [3.63, 3.8) is 0 Å². The Hall–Kier alpha value is -3.69. The lowest BCUT2D eigenvalue weighted by Crippen LogP contribution is -2.41. The van der Waals surface area contributed by atoms with Crippen LogP contribution in [-0.2, 0) is 11.0 Å². The highest BCUT2D eigenvalue weighted by atomic mass is 19.4. The molecule has 1 aromatic carbocycles. The zero-order chi connectivity index (χ0) is 25.1. The van der Waals surface area contributed by atoms with E-state index >= 15 is 0 Å². The molecule has 0 aliphatic heterocycles. The number of carbonyl (C=O) groups is 1. The first kappa shape index (κ1) is 23.1. The molecule has 9 nitrogen and oxygen atoms in total. The van der Waals surface area contributed by atoms with E-state index in [1.54, 1.807) is 11.6 Å². The summed E-state index contributed by atoms with van der Waals surface area (Å²) in [6.45, 7) is 0. The van der Waals surface area contributed by atoms with Crippen molar-refractivity contribution in [3.05, 3.63) is 47.5 Å². The minimum absolute atomic E-state index is 0.0300. The van der Waals surface area contributed by atoms with Crippen molar-refractivity contribution >= 4 is 22.9 Å². The van der Waals surface area contributed by atoms with Crippen molar-refractivity contribution in [2.24, 2.45) is 11.3 Å². The lowest BCUT2D eigenvalue weighted by molar-refractivity contribution is -0.137. The average molecular weight is 486 g/mol. The maximum atomic E-state index is 13.0. The van der Waals surface area contributed by atoms with Gasteiger partial charge in [-0.15, -0.1) is 0 Å². The van der Waals surface area contributed by atoms with Crippen LogP contribution >= 0.6 is 0 Å². The molecule has 2 fully saturated rings. The molecule has 0 radical (unpaired) electrons. The smallest absolute Gasteiger partial charge is 0.389 e. The molecule has 5 atom stereocenters. The van der Waals surface area contributed by atoms with Crippen LogP contribution in [0.25, 0.3) is 11.2 Å². The number of hydrogen-bond acceptors (Lipinski definition) is 7. The van der Waals surface area contributed by atoms with Crippen LogP contribution in [0.2, 0.25) is 0 Å². The fourth-order valence-corrected chi connectivity index (χ4v) is 5.05. The number of nitrogens with one attached hydrogen (secondary N) is 2. The van der Waals surface area contributed by atoms with Crippen molar-refractivity contribution in [1.29, 1.82) is 0 Å². The largest absolute Gasteiger partial charge is 0.416 e. The van der Waals surface area contributed by atoms with Gasteiger partial charge in [0.15, 0.2) is 17.0 Å². The van der Waals surface area contributed by atoms with Gasteiger partial charge in [-0.2, -0.15) is 13.2 Å². The SMILES string of the molecule is CNC(=O)[C@@]12C[C@@H]1[C@@H](n1cnc3c(NC)nc(C#Cc4cccc(C(F)(F)F)c4)nc31)[C@@H](O)[C@H]2O. The number of imidazole rings is 1. The first-order valence-corrected chi connectivity index (χ1v) is 10.8. The number of nitrogens with zero attached hydrogens (tertiary/aromatic N) is 4. The lowest BCUT2D eigenvalue weighted by atomic mass is 9.98. The molecule has 3 aromatic rings. The molecule has 0 spiro atoms. The Morgan fingerprint density at radius 3 is 2.69 bits per heavy atom. The van der Waals surface area contributed by atoms with Gasteiger partial charge in [0.05, 0.1) is 29.5 Å². The van der Waals surface area contributed by atoms with Gasteiger partial charge in [0, 0.05) is 25.6 Å². The number of aliphatic hydroxyl groups is 2. The molecule has 5 rings (SSSR count). The molecule has 12 heteroatoms. The number of carbonyl (C=O) groups excluding carboxylic acids is 1. The van der Waals surface area contributed by atoms with Crippen LogP contribution in [0.15, 0.2) is 30.6 Å². The summed E-state index contributed by atoms with van der Waals surface area (Å²) in [5, 5.41) is 26.9. The van der Waals surface area contributed by atoms with Gasteiger partial charge in [-0.05, 0) is 30.5 Å². The average Bonchev–Trinajstić information content (AvgIpc) is 3.38. The van der Waals surface area contributed by atoms with Gasteiger partial charge in [0.2, 0.25) is 11.7 Å². The molecule has 0 saturated heterocycles. The molecule has 0 bridgehead atoms. The number of alkyl halides is 3. The van der Waals surface area contributed by atoms with Gasteiger partial charge in [-0.1, -0.05) is 12.0 Å². The molecular formula is C23H21F3N6O3. The number of amides is 1. The Balaban J connectivity index is 1.55. The predicted molar refractivity (Wildman–Crippen MR) is 118 cm³/mol. The first-order chi connectivity index (χ1) is 16.6. The third kappa shape index (κ3) is 3.50. The molecular weight excluding hydrogens is 465 g/mol. The predicted octanol–water partition coefficient (Wildman–Crippen LogP) is 1.32. The summed E-state index contributed by atoms with van der Waals surface area (Å²) in [7, 11) is 3.10. The number of anilines is 1. The number of halogens is 3. The zero-order valence-corrected chi connectivity index (χ0v) is 18.6. The first-order valence-electron chi connectivity index (χ1n) is 10.8. The molecule has 2 saturated carbocycles. The van der Waals surface area contributed by atoms with Crippen LogP contribution in [0.3, 0.4) is 0 Å². The van der Waals surface area contributed by atoms with Crippen molar-refractivity contribution in [3.8, 4) is 11.8 Å². The second-order valence-electron chi connectivity index (χ2n) is 8.65. The third-order valence-electron chi connectivity index (χ3n) is 6.81. The van der Waals surface area contributed by atoms with E-state index in [9.17, 15) is 28.2 Å². The van der Waals surface area contributed by atoms with Gasteiger partial charge < -0.3 is 25.4 Å². The molecule has 35 heavy (non-hydrogen) atoms. The number of fused-ring (bicyclic) bond motifs is 2. The van der Waals surface area contributed by atoms with Gasteiger partial charge in [0.1, 0.15) is 6.10 Å². The van der Waals surface area contributed by atoms with E-state index in [4.69, 9.17) is 0 Å². The maximum Gasteiger partial charge on any atom is 0.416 e. The molecule has 0 unspecified atom stereocenters. The lowest BCUT2D eigenvalue weighted by Gasteiger charge is -2.23. The monoisotopic (exact) mass is 486 g/mol. The highest BCUT2D eigenvalue weighted by molar-refractivity contribution is 5.88. The second kappa shape index (κ2) is 7.93. The summed E-state index contributed by atoms with van der Waals surface area (Å²) < 4.78 is 40.6. The molecule has 2 aliphatic rings. The van der Waals surface area contributed by atoms with E-state index in [1.165, 1.54) is 25.5 Å². The van der Waals surface area contributed by atoms with Crippen LogP contribution < -0.4 is 10.6 Å². The van der Waals surface area contributed by atoms with E-state index in [-0.39, 0.29) is 23.2 Å². The van der Waals surface area contributed by atoms with E-state index in [0.717, 1.165) is 12.1 Å². The summed E-state index contributed by atoms with van der Waals surface area (Å²) in [6.07, 6.45) is -5.10. The van der Waals surface area contributed by atoms with Gasteiger partial charge in [-0.25, -0.2) is 15.0 Å². The Kier molecular flexibility index (Phi) is 5.23. The summed E-state index contributed by atoms with van der Waals surface area (Å²) in [5.41, 5.74) is -1.04. The highest BCUT2D eigenvalue weighted by Crippen LogP contribution is 2.67. The Morgan fingerprint density at radius 1 is 1.23 bits per heavy atom. The maximum absolute atomic E-state index is 13.0. The van der Waals surface area contributed by atoms with Crippen molar-refractivity contribution in [2.75, 3.05) is 19.4 Å². The summed E-state index contributed by atoms with van der Waals surface area (Å²) in [5.74, 6) is 5.06. The minimum atomic E-state index is -4.49. The molecule has 2 heterocycles. The minimum Gasteiger partial charge on any atom is -0.389 e. The number of aliphatic hydroxyl groups excluding tert-OH is 2. The van der Waals surface area contributed by atoms with Crippen LogP contribution in [0.4, 0.5) is 19.0 Å². The standard InChI is InChI=1S/C23H21F3N6O3/c1-27-19-15-20(31-14(30-19)7-6-11-4-3-5-12(8-11)23(24,25)26)32(10-29-15)16-13-9-22(13,21(35)28-2)18(34)17(16)33/h3-5,8,10,13,16-18,33-34H,9H2,1-2H3,(H,28,35)(H,27,30,31)/t13-,16-,17-,18-,22+/m1/s1. The fourth-order valence-electron chi connectivity index (χ4n) is 5.05. The van der Waals surface area contributed by atoms with E-state index in [0.29, 0.717) is 23.4 Å². The number of benzene rings is 1. The fraction of sp³-hybridized carbons (Fsp3) is 0.391. The highest BCUT2D eigenvalue weighted by Gasteiger charge is 2.75. The summed E-state index contributed by atoms with van der Waals surface area (Å²) >= 11 is 0. The Morgan fingerprint density at radius 2 is 2.00 bits per heavy atom. The summed E-state index contributed by atoms with van der Waals surface area (Å²) in [4.78, 5) is 25.5. The quantitative estimate of drug-likeness (QED) is 0.412. The topological polar surface area (TPSA) is 125 Å². The molecule has 2 aromatic heterocycles. The summed E-state index contributed by atoms with van der Waals surface area (Å²) in [6, 6.07) is 3.97. The Labute approximate surface area is 197 Å². The molecule has 182 valence electrons. The molecule has 1 amide bonds.